The average Bonchev–Trinajstić information content (AvgIpc) is 2.77. The topological polar surface area (TPSA) is 102 Å². The zero-order valence-corrected chi connectivity index (χ0v) is 17.0. The maximum atomic E-state index is 10.2. The number of nitriles is 1. The molecule has 0 unspecified atom stereocenters. The molecule has 30 heavy (non-hydrogen) atoms. The first-order chi connectivity index (χ1) is 14.5. The number of ether oxygens (including phenoxy) is 3. The van der Waals surface area contributed by atoms with Crippen molar-refractivity contribution in [3.8, 4) is 51.5 Å². The molecule has 4 rings (SSSR count). The minimum Gasteiger partial charge on any atom is -0.504 e. The largest absolute Gasteiger partial charge is 0.504 e. The number of anilines is 1. The summed E-state index contributed by atoms with van der Waals surface area (Å²) in [4.78, 5) is 0. The van der Waals surface area contributed by atoms with Crippen molar-refractivity contribution in [3.05, 3.63) is 47.5 Å². The molecule has 3 aromatic rings. The Bertz CT molecular complexity index is 1200. The highest BCUT2D eigenvalue weighted by Gasteiger charge is 2.29. The van der Waals surface area contributed by atoms with Gasteiger partial charge in [0, 0.05) is 17.5 Å². The number of aryl methyl sites for hydroxylation is 1. The number of methoxy groups -OCH3 is 3. The van der Waals surface area contributed by atoms with Crippen LogP contribution in [0.3, 0.4) is 0 Å². The van der Waals surface area contributed by atoms with Gasteiger partial charge in [0.15, 0.2) is 23.0 Å². The summed E-state index contributed by atoms with van der Waals surface area (Å²) in [6, 6.07) is 13.1. The van der Waals surface area contributed by atoms with E-state index in [1.807, 2.05) is 22.8 Å². The van der Waals surface area contributed by atoms with Gasteiger partial charge in [0.05, 0.1) is 27.9 Å². The first kappa shape index (κ1) is 19.4. The molecule has 3 N–H and O–H groups in total. The number of pyridine rings is 1. The van der Waals surface area contributed by atoms with Crippen LogP contribution >= 0.6 is 0 Å². The maximum Gasteiger partial charge on any atom is 0.291 e. The lowest BCUT2D eigenvalue weighted by Crippen LogP contribution is -2.44. The molecule has 0 saturated heterocycles. The summed E-state index contributed by atoms with van der Waals surface area (Å²) in [6.07, 6.45) is 0.755. The zero-order chi connectivity index (χ0) is 21.4. The maximum absolute atomic E-state index is 10.2. The summed E-state index contributed by atoms with van der Waals surface area (Å²) in [5.41, 5.74) is 11.1. The second-order valence-corrected chi connectivity index (χ2v) is 6.97. The van der Waals surface area contributed by atoms with Crippen molar-refractivity contribution in [3.63, 3.8) is 0 Å². The van der Waals surface area contributed by atoms with Gasteiger partial charge in [-0.1, -0.05) is 6.07 Å². The van der Waals surface area contributed by atoms with Crippen LogP contribution in [0.4, 0.5) is 5.82 Å². The Hall–Kier alpha value is -3.92. The molecule has 7 nitrogen and oxygen atoms in total. The molecule has 0 aliphatic carbocycles. The van der Waals surface area contributed by atoms with Crippen LogP contribution in [0.1, 0.15) is 11.1 Å². The number of phenols is 1. The third-order valence-electron chi connectivity index (χ3n) is 5.48. The van der Waals surface area contributed by atoms with Gasteiger partial charge in [0.2, 0.25) is 0 Å². The van der Waals surface area contributed by atoms with Crippen molar-refractivity contribution in [1.29, 1.82) is 5.26 Å². The fourth-order valence-corrected chi connectivity index (χ4v) is 3.95. The average molecular weight is 404 g/mol. The van der Waals surface area contributed by atoms with E-state index in [0.717, 1.165) is 23.2 Å². The van der Waals surface area contributed by atoms with Gasteiger partial charge >= 0.3 is 0 Å². The van der Waals surface area contributed by atoms with E-state index in [-0.39, 0.29) is 5.75 Å². The van der Waals surface area contributed by atoms with Crippen LogP contribution in [-0.4, -0.2) is 26.4 Å². The predicted octanol–water partition coefficient (Wildman–Crippen LogP) is 3.05. The number of nitrogens with zero attached hydrogens (tertiary/aromatic N) is 2. The minimum absolute atomic E-state index is 0.00496. The number of phenolic OH excluding ortho intramolecular Hbond substituents is 1. The van der Waals surface area contributed by atoms with Gasteiger partial charge < -0.3 is 19.3 Å². The van der Waals surface area contributed by atoms with Crippen molar-refractivity contribution in [2.45, 2.75) is 13.0 Å². The number of hydrogen-bond donors (Lipinski definition) is 2. The number of rotatable bonds is 4. The standard InChI is InChI=1S/C23H21N3O4/c1-28-20-5-4-13(8-19(20)27)15-10-18-16-11-22(30-3)21(29-2)9-14(16)6-7-26(18)23(25)17(15)12-24/h4-5,8-11,25,27H,6-7H2,1-3H3/p+1. The van der Waals surface area contributed by atoms with Crippen LogP contribution in [0.5, 0.6) is 23.0 Å². The van der Waals surface area contributed by atoms with E-state index in [9.17, 15) is 10.4 Å². The van der Waals surface area contributed by atoms with Gasteiger partial charge in [-0.2, -0.15) is 5.26 Å². The van der Waals surface area contributed by atoms with Crippen molar-refractivity contribution in [1.82, 2.24) is 0 Å². The highest BCUT2D eigenvalue weighted by Crippen LogP contribution is 2.40. The summed E-state index contributed by atoms with van der Waals surface area (Å²) in [5.74, 6) is 2.04. The molecular weight excluding hydrogens is 382 g/mol. The van der Waals surface area contributed by atoms with Gasteiger partial charge in [-0.05, 0) is 41.5 Å². The van der Waals surface area contributed by atoms with Crippen molar-refractivity contribution >= 4 is 5.82 Å². The summed E-state index contributed by atoms with van der Waals surface area (Å²) in [7, 11) is 4.70. The highest BCUT2D eigenvalue weighted by atomic mass is 16.5. The molecule has 0 radical (unpaired) electrons. The molecule has 2 aromatic carbocycles. The molecule has 1 aliphatic rings. The highest BCUT2D eigenvalue weighted by molar-refractivity contribution is 5.80. The lowest BCUT2D eigenvalue weighted by molar-refractivity contribution is -0.673. The van der Waals surface area contributed by atoms with Crippen LogP contribution < -0.4 is 24.5 Å². The van der Waals surface area contributed by atoms with E-state index >= 15 is 0 Å². The van der Waals surface area contributed by atoms with E-state index in [1.54, 1.807) is 32.4 Å². The molecule has 0 amide bonds. The van der Waals surface area contributed by atoms with Crippen molar-refractivity contribution in [2.24, 2.45) is 0 Å². The number of nitrogen functional groups attached to an aromatic ring is 1. The van der Waals surface area contributed by atoms with E-state index in [2.05, 4.69) is 6.07 Å². The minimum atomic E-state index is -0.00496. The number of aromatic nitrogens is 1. The normalized spacial score (nSPS) is 11.8. The zero-order valence-electron chi connectivity index (χ0n) is 17.0. The lowest BCUT2D eigenvalue weighted by atomic mass is 9.92. The summed E-state index contributed by atoms with van der Waals surface area (Å²) in [5, 5.41) is 20.0. The van der Waals surface area contributed by atoms with Crippen LogP contribution in [0.25, 0.3) is 22.4 Å². The SMILES string of the molecule is COc1ccc(-c2cc3[n+](c(N)c2C#N)CCc2cc(OC)c(OC)cc2-3)cc1O. The Kier molecular flexibility index (Phi) is 4.84. The first-order valence-electron chi connectivity index (χ1n) is 9.41. The predicted molar refractivity (Wildman–Crippen MR) is 112 cm³/mol. The lowest BCUT2D eigenvalue weighted by Gasteiger charge is -2.22. The summed E-state index contributed by atoms with van der Waals surface area (Å²) >= 11 is 0. The van der Waals surface area contributed by atoms with E-state index in [0.29, 0.717) is 46.3 Å². The van der Waals surface area contributed by atoms with Crippen molar-refractivity contribution in [2.75, 3.05) is 27.1 Å². The molecule has 1 aromatic heterocycles. The van der Waals surface area contributed by atoms with E-state index < -0.39 is 0 Å². The van der Waals surface area contributed by atoms with Gasteiger partial charge in [-0.15, -0.1) is 0 Å². The van der Waals surface area contributed by atoms with Gasteiger partial charge in [-0.3, -0.25) is 5.73 Å². The smallest absolute Gasteiger partial charge is 0.291 e. The van der Waals surface area contributed by atoms with E-state index in [1.165, 1.54) is 7.11 Å². The van der Waals surface area contributed by atoms with Crippen LogP contribution in [0.15, 0.2) is 36.4 Å². The Morgan fingerprint density at radius 1 is 0.967 bits per heavy atom. The van der Waals surface area contributed by atoms with E-state index in [4.69, 9.17) is 19.9 Å². The van der Waals surface area contributed by atoms with Gasteiger partial charge in [0.1, 0.15) is 17.3 Å². The number of fused-ring (bicyclic) bond motifs is 3. The van der Waals surface area contributed by atoms with Crippen molar-refractivity contribution < 1.29 is 23.9 Å². The molecule has 2 heterocycles. The fourth-order valence-electron chi connectivity index (χ4n) is 3.95. The number of aromatic hydroxyl groups is 1. The number of hydrogen-bond acceptors (Lipinski definition) is 6. The molecule has 0 spiro atoms. The first-order valence-corrected chi connectivity index (χ1v) is 9.41. The summed E-state index contributed by atoms with van der Waals surface area (Å²) < 4.78 is 18.0. The molecule has 1 aliphatic heterocycles. The molecule has 0 saturated carbocycles. The Labute approximate surface area is 174 Å². The Morgan fingerprint density at radius 2 is 1.67 bits per heavy atom. The quantitative estimate of drug-likeness (QED) is 0.648. The Morgan fingerprint density at radius 3 is 2.30 bits per heavy atom. The molecule has 152 valence electrons. The Balaban J connectivity index is 1.98. The molecule has 0 atom stereocenters. The molecule has 7 heteroatoms. The third-order valence-corrected chi connectivity index (χ3v) is 5.48. The third kappa shape index (κ3) is 2.94. The second kappa shape index (κ2) is 7.48. The van der Waals surface area contributed by atoms with Gasteiger partial charge in [-0.25, -0.2) is 4.57 Å². The number of nitrogens with two attached hydrogens (primary N) is 1. The van der Waals surface area contributed by atoms with Crippen LogP contribution in [0, 0.1) is 11.3 Å². The monoisotopic (exact) mass is 404 g/mol. The molecular formula is C23H22N3O4+. The van der Waals surface area contributed by atoms with Crippen LogP contribution in [-0.2, 0) is 13.0 Å². The fraction of sp³-hybridized carbons (Fsp3) is 0.217. The molecule has 0 fully saturated rings. The number of benzene rings is 2. The molecule has 0 bridgehead atoms. The second-order valence-electron chi connectivity index (χ2n) is 6.97. The summed E-state index contributed by atoms with van der Waals surface area (Å²) in [6.45, 7) is 0.645. The van der Waals surface area contributed by atoms with Crippen LogP contribution in [0.2, 0.25) is 0 Å². The van der Waals surface area contributed by atoms with Gasteiger partial charge in [0.25, 0.3) is 5.82 Å².